The molecule has 31 heavy (non-hydrogen) atoms. The molecular formula is C24H25F3O4. The van der Waals surface area contributed by atoms with E-state index in [1.54, 1.807) is 56.3 Å². The Labute approximate surface area is 179 Å². The van der Waals surface area contributed by atoms with Gasteiger partial charge in [0.2, 0.25) is 0 Å². The number of methoxy groups -OCH3 is 1. The third kappa shape index (κ3) is 5.41. The van der Waals surface area contributed by atoms with Gasteiger partial charge in [-0.25, -0.2) is 4.79 Å². The number of hydrogen-bond acceptors (Lipinski definition) is 4. The fraction of sp³-hybridized carbons (Fsp3) is 0.333. The molecule has 0 spiro atoms. The van der Waals surface area contributed by atoms with E-state index in [-0.39, 0.29) is 12.2 Å². The van der Waals surface area contributed by atoms with E-state index in [1.165, 1.54) is 18.2 Å². The summed E-state index contributed by atoms with van der Waals surface area (Å²) < 4.78 is 52.5. The molecule has 0 aromatic heterocycles. The summed E-state index contributed by atoms with van der Waals surface area (Å²) in [5.74, 6) is -2.46. The quantitative estimate of drug-likeness (QED) is 0.298. The first-order valence-electron chi connectivity index (χ1n) is 9.77. The van der Waals surface area contributed by atoms with E-state index in [0.717, 1.165) is 19.2 Å². The number of benzene rings is 2. The molecule has 0 unspecified atom stereocenters. The molecule has 0 bridgehead atoms. The Kier molecular flexibility index (Phi) is 8.16. The van der Waals surface area contributed by atoms with Crippen LogP contribution in [0, 0.1) is 5.92 Å². The first kappa shape index (κ1) is 24.3. The third-order valence-electron chi connectivity index (χ3n) is 5.00. The first-order chi connectivity index (χ1) is 14.7. The summed E-state index contributed by atoms with van der Waals surface area (Å²) in [6.45, 7) is 3.40. The van der Waals surface area contributed by atoms with Crippen LogP contribution in [0.25, 0.3) is 0 Å². The van der Waals surface area contributed by atoms with Gasteiger partial charge in [0.25, 0.3) is 5.60 Å². The van der Waals surface area contributed by atoms with Crippen LogP contribution in [0.2, 0.25) is 0 Å². The maximum atomic E-state index is 14.1. The molecule has 0 N–H and O–H groups in total. The van der Waals surface area contributed by atoms with Crippen molar-refractivity contribution in [3.05, 3.63) is 83.9 Å². The molecule has 0 aliphatic rings. The topological polar surface area (TPSA) is 52.6 Å². The normalized spacial score (nSPS) is 15.8. The fourth-order valence-corrected chi connectivity index (χ4v) is 3.29. The van der Waals surface area contributed by atoms with Crippen molar-refractivity contribution in [2.75, 3.05) is 7.11 Å². The van der Waals surface area contributed by atoms with Crippen molar-refractivity contribution in [2.24, 2.45) is 5.92 Å². The summed E-state index contributed by atoms with van der Waals surface area (Å²) in [5, 5.41) is 0. The summed E-state index contributed by atoms with van der Waals surface area (Å²) in [6.07, 6.45) is -3.12. The second kappa shape index (κ2) is 10.4. The van der Waals surface area contributed by atoms with Gasteiger partial charge in [-0.1, -0.05) is 79.7 Å². The van der Waals surface area contributed by atoms with E-state index in [0.29, 0.717) is 5.56 Å². The first-order valence-corrected chi connectivity index (χ1v) is 9.77. The highest BCUT2D eigenvalue weighted by Crippen LogP contribution is 2.43. The molecule has 2 aromatic carbocycles. The van der Waals surface area contributed by atoms with E-state index in [9.17, 15) is 22.8 Å². The van der Waals surface area contributed by atoms with Gasteiger partial charge >= 0.3 is 12.1 Å². The molecule has 0 fully saturated rings. The fourth-order valence-electron chi connectivity index (χ4n) is 3.29. The molecule has 0 heterocycles. The number of hydrogen-bond donors (Lipinski definition) is 0. The predicted molar refractivity (Wildman–Crippen MR) is 110 cm³/mol. The molecule has 0 radical (unpaired) electrons. The number of ketones is 1. The Balaban J connectivity index is 2.41. The number of esters is 1. The zero-order chi connectivity index (χ0) is 23.1. The molecule has 7 heteroatoms. The number of carbonyl (C=O) groups is 2. The largest absolute Gasteiger partial charge is 0.459 e. The minimum atomic E-state index is -5.09. The van der Waals surface area contributed by atoms with Crippen LogP contribution in [0.5, 0.6) is 0 Å². The highest BCUT2D eigenvalue weighted by molar-refractivity contribution is 5.96. The lowest BCUT2D eigenvalue weighted by atomic mass is 9.91. The highest BCUT2D eigenvalue weighted by atomic mass is 19.4. The lowest BCUT2D eigenvalue weighted by Crippen LogP contribution is -2.53. The van der Waals surface area contributed by atoms with Crippen LogP contribution < -0.4 is 0 Å². The standard InChI is InChI=1S/C24H25F3O4/c1-4-11-17(2)21(16-20(28)18-12-7-5-8-13-18)31-22(29)23(30-3,24(25,26)27)19-14-9-6-10-15-19/h4-15,17,21H,16H2,1-3H3/b11-4+/t17-,21+,23+/m1/s1. The number of carbonyl (C=O) groups excluding carboxylic acids is 2. The monoisotopic (exact) mass is 434 g/mol. The van der Waals surface area contributed by atoms with Gasteiger partial charge < -0.3 is 9.47 Å². The van der Waals surface area contributed by atoms with Gasteiger partial charge in [-0.15, -0.1) is 0 Å². The van der Waals surface area contributed by atoms with Crippen molar-refractivity contribution in [3.8, 4) is 0 Å². The number of Topliss-reactive ketones (excluding diaryl/α,β-unsaturated/α-hetero) is 1. The van der Waals surface area contributed by atoms with Crippen LogP contribution >= 0.6 is 0 Å². The van der Waals surface area contributed by atoms with Gasteiger partial charge in [0.05, 0.1) is 0 Å². The number of ether oxygens (including phenoxy) is 2. The van der Waals surface area contributed by atoms with Gasteiger partial charge in [0, 0.05) is 30.6 Å². The Morgan fingerprint density at radius 1 is 1.00 bits per heavy atom. The summed E-state index contributed by atoms with van der Waals surface area (Å²) in [4.78, 5) is 25.6. The van der Waals surface area contributed by atoms with Crippen molar-refractivity contribution in [1.29, 1.82) is 0 Å². The SMILES string of the molecule is C/C=C/[C@@H](C)[C@H](CC(=O)c1ccccc1)OC(=O)[C@@](OC)(c1ccccc1)C(F)(F)F. The van der Waals surface area contributed by atoms with Crippen LogP contribution in [0.3, 0.4) is 0 Å². The van der Waals surface area contributed by atoms with E-state index in [2.05, 4.69) is 0 Å². The molecule has 0 amide bonds. The van der Waals surface area contributed by atoms with E-state index in [1.807, 2.05) is 0 Å². The second-order valence-electron chi connectivity index (χ2n) is 7.07. The second-order valence-corrected chi connectivity index (χ2v) is 7.07. The number of rotatable bonds is 9. The van der Waals surface area contributed by atoms with Crippen LogP contribution in [0.1, 0.15) is 36.2 Å². The lowest BCUT2D eigenvalue weighted by Gasteiger charge is -2.34. The van der Waals surface area contributed by atoms with E-state index in [4.69, 9.17) is 9.47 Å². The predicted octanol–water partition coefficient (Wildman–Crippen LogP) is 5.49. The summed E-state index contributed by atoms with van der Waals surface area (Å²) in [6, 6.07) is 14.9. The van der Waals surface area contributed by atoms with Gasteiger partial charge in [0.1, 0.15) is 6.10 Å². The lowest BCUT2D eigenvalue weighted by molar-refractivity contribution is -0.278. The maximum absolute atomic E-state index is 14.1. The van der Waals surface area contributed by atoms with Crippen molar-refractivity contribution in [1.82, 2.24) is 0 Å². The van der Waals surface area contributed by atoms with Gasteiger partial charge in [0.15, 0.2) is 5.78 Å². The summed E-state index contributed by atoms with van der Waals surface area (Å²) in [7, 11) is 0.807. The van der Waals surface area contributed by atoms with Crippen molar-refractivity contribution in [3.63, 3.8) is 0 Å². The highest BCUT2D eigenvalue weighted by Gasteiger charge is 2.64. The molecule has 2 rings (SSSR count). The van der Waals surface area contributed by atoms with Crippen LogP contribution in [-0.4, -0.2) is 31.1 Å². The van der Waals surface area contributed by atoms with E-state index < -0.39 is 35.3 Å². The average molecular weight is 434 g/mol. The molecule has 2 aromatic rings. The Morgan fingerprint density at radius 2 is 1.55 bits per heavy atom. The smallest absolute Gasteiger partial charge is 0.432 e. The van der Waals surface area contributed by atoms with E-state index >= 15 is 0 Å². The zero-order valence-corrected chi connectivity index (χ0v) is 17.6. The number of alkyl halides is 3. The van der Waals surface area contributed by atoms with Crippen molar-refractivity contribution >= 4 is 11.8 Å². The zero-order valence-electron chi connectivity index (χ0n) is 17.6. The molecule has 3 atom stereocenters. The maximum Gasteiger partial charge on any atom is 0.432 e. The Hall–Kier alpha value is -2.93. The minimum absolute atomic E-state index is 0.270. The molecular weight excluding hydrogens is 409 g/mol. The number of halogens is 3. The molecule has 0 saturated heterocycles. The molecule has 0 aliphatic heterocycles. The molecule has 4 nitrogen and oxygen atoms in total. The number of allylic oxidation sites excluding steroid dienone is 1. The molecule has 166 valence electrons. The molecule has 0 aliphatic carbocycles. The summed E-state index contributed by atoms with van der Waals surface area (Å²) >= 11 is 0. The van der Waals surface area contributed by atoms with Gasteiger partial charge in [-0.05, 0) is 6.92 Å². The van der Waals surface area contributed by atoms with Crippen LogP contribution in [-0.2, 0) is 19.9 Å². The Morgan fingerprint density at radius 3 is 2.03 bits per heavy atom. The van der Waals surface area contributed by atoms with Gasteiger partial charge in [-0.3, -0.25) is 4.79 Å². The minimum Gasteiger partial charge on any atom is -0.459 e. The van der Waals surface area contributed by atoms with Crippen LogP contribution in [0.15, 0.2) is 72.8 Å². The summed E-state index contributed by atoms with van der Waals surface area (Å²) in [5.41, 5.74) is -3.33. The average Bonchev–Trinajstić information content (AvgIpc) is 2.74. The third-order valence-corrected chi connectivity index (χ3v) is 5.00. The molecule has 0 saturated carbocycles. The van der Waals surface area contributed by atoms with Crippen LogP contribution in [0.4, 0.5) is 13.2 Å². The Bertz CT molecular complexity index is 894. The van der Waals surface area contributed by atoms with Crippen molar-refractivity contribution < 1.29 is 32.2 Å². The van der Waals surface area contributed by atoms with Crippen molar-refractivity contribution in [2.45, 2.75) is 38.1 Å². The van der Waals surface area contributed by atoms with Gasteiger partial charge in [-0.2, -0.15) is 13.2 Å².